The predicted octanol–water partition coefficient (Wildman–Crippen LogP) is 0.594. The van der Waals surface area contributed by atoms with Gasteiger partial charge in [0.15, 0.2) is 5.60 Å². The number of rotatable bonds is 3. The molecule has 1 atom stereocenters. The maximum absolute atomic E-state index is 10.3. The van der Waals surface area contributed by atoms with E-state index in [2.05, 4.69) is 5.92 Å². The van der Waals surface area contributed by atoms with E-state index in [1.807, 2.05) is 0 Å². The van der Waals surface area contributed by atoms with Crippen LogP contribution in [-0.4, -0.2) is 33.1 Å². The maximum Gasteiger partial charge on any atom is 0.172 e. The van der Waals surface area contributed by atoms with Crippen LogP contribution < -0.4 is 0 Å². The number of aliphatic hydroxyl groups excluding tert-OH is 1. The van der Waals surface area contributed by atoms with Gasteiger partial charge in [0, 0.05) is 0 Å². The number of hydrogen-bond acceptors (Lipinski definition) is 3. The van der Waals surface area contributed by atoms with Gasteiger partial charge in [-0.05, 0) is 18.9 Å². The minimum Gasteiger partial charge on any atom is -0.392 e. The average molecular weight is 210 g/mol. The Morgan fingerprint density at radius 1 is 1.33 bits per heavy atom. The lowest BCUT2D eigenvalue weighted by atomic mass is 9.73. The third-order valence-electron chi connectivity index (χ3n) is 3.07. The van der Waals surface area contributed by atoms with E-state index < -0.39 is 11.2 Å². The van der Waals surface area contributed by atoms with Gasteiger partial charge in [-0.25, -0.2) is 0 Å². The lowest BCUT2D eigenvalue weighted by Gasteiger charge is -2.41. The Balaban J connectivity index is 2.88. The number of terminal acetylenes is 1. The first-order valence-electron chi connectivity index (χ1n) is 5.29. The van der Waals surface area contributed by atoms with Crippen LogP contribution in [0.15, 0.2) is 12.2 Å². The van der Waals surface area contributed by atoms with Gasteiger partial charge in [-0.2, -0.15) is 0 Å². The topological polar surface area (TPSA) is 60.7 Å². The van der Waals surface area contributed by atoms with Crippen LogP contribution in [0.2, 0.25) is 0 Å². The zero-order chi connectivity index (χ0) is 11.4. The molecule has 1 saturated carbocycles. The van der Waals surface area contributed by atoms with Crippen molar-refractivity contribution < 1.29 is 15.3 Å². The molecule has 1 rings (SSSR count). The molecule has 0 radical (unpaired) electrons. The van der Waals surface area contributed by atoms with Crippen molar-refractivity contribution in [1.29, 1.82) is 0 Å². The third kappa shape index (κ3) is 2.40. The summed E-state index contributed by atoms with van der Waals surface area (Å²) in [6.45, 7) is -0.194. The first kappa shape index (κ1) is 12.3. The van der Waals surface area contributed by atoms with E-state index in [0.29, 0.717) is 12.8 Å². The summed E-state index contributed by atoms with van der Waals surface area (Å²) in [4.78, 5) is 0. The second kappa shape index (κ2) is 4.80. The highest BCUT2D eigenvalue weighted by atomic mass is 16.4. The van der Waals surface area contributed by atoms with E-state index >= 15 is 0 Å². The lowest BCUT2D eigenvalue weighted by molar-refractivity contribution is -0.112. The van der Waals surface area contributed by atoms with Crippen molar-refractivity contribution in [3.05, 3.63) is 12.2 Å². The Bertz CT molecular complexity index is 271. The summed E-state index contributed by atoms with van der Waals surface area (Å²) < 4.78 is 0. The van der Waals surface area contributed by atoms with E-state index in [-0.39, 0.29) is 6.61 Å². The smallest absolute Gasteiger partial charge is 0.172 e. The van der Waals surface area contributed by atoms with Gasteiger partial charge in [-0.15, -0.1) is 6.42 Å². The molecule has 0 saturated heterocycles. The molecule has 1 aliphatic carbocycles. The molecule has 1 fully saturated rings. The molecule has 0 heterocycles. The molecule has 0 spiro atoms. The standard InChI is InChI=1S/C12H18O3/c1-2-11(14,9-6-10-13)12(15)7-4-3-5-8-12/h1,6,9,13-15H,3-5,7-8,10H2. The van der Waals surface area contributed by atoms with Crippen molar-refractivity contribution in [1.82, 2.24) is 0 Å². The fourth-order valence-corrected chi connectivity index (χ4v) is 2.08. The molecule has 3 nitrogen and oxygen atoms in total. The molecule has 3 heteroatoms. The van der Waals surface area contributed by atoms with Gasteiger partial charge in [0.05, 0.1) is 6.61 Å². The van der Waals surface area contributed by atoms with Crippen molar-refractivity contribution in [2.24, 2.45) is 0 Å². The zero-order valence-electron chi connectivity index (χ0n) is 8.82. The van der Waals surface area contributed by atoms with Gasteiger partial charge in [0.2, 0.25) is 0 Å². The van der Waals surface area contributed by atoms with Gasteiger partial charge >= 0.3 is 0 Å². The van der Waals surface area contributed by atoms with Gasteiger partial charge in [0.25, 0.3) is 0 Å². The molecule has 3 N–H and O–H groups in total. The number of hydrogen-bond donors (Lipinski definition) is 3. The molecular formula is C12H18O3. The molecular weight excluding hydrogens is 192 g/mol. The minimum absolute atomic E-state index is 0.194. The minimum atomic E-state index is -1.66. The van der Waals surface area contributed by atoms with Crippen LogP contribution in [0.4, 0.5) is 0 Å². The van der Waals surface area contributed by atoms with Crippen molar-refractivity contribution in [2.75, 3.05) is 6.61 Å². The highest BCUT2D eigenvalue weighted by Crippen LogP contribution is 2.37. The van der Waals surface area contributed by atoms with Crippen molar-refractivity contribution in [2.45, 2.75) is 43.3 Å². The summed E-state index contributed by atoms with van der Waals surface area (Å²) in [5, 5.41) is 29.1. The van der Waals surface area contributed by atoms with Gasteiger partial charge < -0.3 is 15.3 Å². The summed E-state index contributed by atoms with van der Waals surface area (Å²) in [5.74, 6) is 2.23. The van der Waals surface area contributed by atoms with Crippen LogP contribution in [0, 0.1) is 12.3 Å². The van der Waals surface area contributed by atoms with Gasteiger partial charge in [-0.3, -0.25) is 0 Å². The summed E-state index contributed by atoms with van der Waals surface area (Å²) >= 11 is 0. The monoisotopic (exact) mass is 210 g/mol. The van der Waals surface area contributed by atoms with Crippen LogP contribution in [0.3, 0.4) is 0 Å². The second-order valence-electron chi connectivity index (χ2n) is 4.09. The fourth-order valence-electron chi connectivity index (χ4n) is 2.08. The first-order chi connectivity index (χ1) is 7.08. The molecule has 0 aromatic rings. The molecule has 0 aromatic heterocycles. The van der Waals surface area contributed by atoms with Crippen LogP contribution >= 0.6 is 0 Å². The highest BCUT2D eigenvalue weighted by molar-refractivity contribution is 5.27. The van der Waals surface area contributed by atoms with Gasteiger partial charge in [-0.1, -0.05) is 31.3 Å². The largest absolute Gasteiger partial charge is 0.392 e. The molecule has 1 aliphatic rings. The molecule has 1 unspecified atom stereocenters. The Labute approximate surface area is 90.4 Å². The first-order valence-corrected chi connectivity index (χ1v) is 5.29. The quantitative estimate of drug-likeness (QED) is 0.472. The molecule has 0 aromatic carbocycles. The molecule has 84 valence electrons. The van der Waals surface area contributed by atoms with Crippen LogP contribution in [0.5, 0.6) is 0 Å². The van der Waals surface area contributed by atoms with E-state index in [1.54, 1.807) is 0 Å². The van der Waals surface area contributed by atoms with Gasteiger partial charge in [0.1, 0.15) is 5.60 Å². The number of aliphatic hydroxyl groups is 3. The average Bonchev–Trinajstić information content (AvgIpc) is 2.26. The van der Waals surface area contributed by atoms with Crippen molar-refractivity contribution in [3.8, 4) is 12.3 Å². The van der Waals surface area contributed by atoms with Crippen molar-refractivity contribution >= 4 is 0 Å². The van der Waals surface area contributed by atoms with Crippen molar-refractivity contribution in [3.63, 3.8) is 0 Å². The Kier molecular flexibility index (Phi) is 3.92. The molecule has 0 amide bonds. The van der Waals surface area contributed by atoms with E-state index in [1.165, 1.54) is 12.2 Å². The van der Waals surface area contributed by atoms with E-state index in [4.69, 9.17) is 11.5 Å². The summed E-state index contributed by atoms with van der Waals surface area (Å²) in [7, 11) is 0. The second-order valence-corrected chi connectivity index (χ2v) is 4.09. The van der Waals surface area contributed by atoms with Crippen LogP contribution in [0.25, 0.3) is 0 Å². The highest BCUT2D eigenvalue weighted by Gasteiger charge is 2.46. The predicted molar refractivity (Wildman–Crippen MR) is 58.0 cm³/mol. The lowest BCUT2D eigenvalue weighted by Crippen LogP contribution is -2.53. The summed E-state index contributed by atoms with van der Waals surface area (Å²) in [5.41, 5.74) is -2.90. The normalized spacial score (nSPS) is 24.7. The third-order valence-corrected chi connectivity index (χ3v) is 3.07. The molecule has 0 bridgehead atoms. The Hall–Kier alpha value is -0.820. The summed E-state index contributed by atoms with van der Waals surface area (Å²) in [6, 6.07) is 0. The van der Waals surface area contributed by atoms with E-state index in [0.717, 1.165) is 19.3 Å². The van der Waals surface area contributed by atoms with Crippen LogP contribution in [-0.2, 0) is 0 Å². The fraction of sp³-hybridized carbons (Fsp3) is 0.667. The SMILES string of the molecule is C#CC(O)(C=CCO)C1(O)CCCCC1. The maximum atomic E-state index is 10.3. The summed E-state index contributed by atoms with van der Waals surface area (Å²) in [6.07, 6.45) is 11.8. The molecule has 15 heavy (non-hydrogen) atoms. The zero-order valence-corrected chi connectivity index (χ0v) is 8.82. The van der Waals surface area contributed by atoms with Crippen LogP contribution in [0.1, 0.15) is 32.1 Å². The van der Waals surface area contributed by atoms with E-state index in [9.17, 15) is 10.2 Å². The Morgan fingerprint density at radius 2 is 1.93 bits per heavy atom. The molecule has 0 aliphatic heterocycles. The Morgan fingerprint density at radius 3 is 2.40 bits per heavy atom.